The van der Waals surface area contributed by atoms with Gasteiger partial charge in [-0.25, -0.2) is 4.79 Å². The lowest BCUT2D eigenvalue weighted by Gasteiger charge is -2.33. The second-order valence-electron chi connectivity index (χ2n) is 4.90. The molecule has 1 aromatic carbocycles. The number of hydrogen-bond acceptors (Lipinski definition) is 3. The molecule has 0 unspecified atom stereocenters. The van der Waals surface area contributed by atoms with E-state index in [1.165, 1.54) is 4.90 Å². The highest BCUT2D eigenvalue weighted by Crippen LogP contribution is 2.17. The number of rotatable bonds is 2. The molecule has 5 heteroatoms. The Balaban J connectivity index is 1.96. The summed E-state index contributed by atoms with van der Waals surface area (Å²) in [6.07, 6.45) is 1.27. The predicted octanol–water partition coefficient (Wildman–Crippen LogP) is 0.989. The normalized spacial score (nSPS) is 19.0. The highest BCUT2D eigenvalue weighted by atomic mass is 16.4. The van der Waals surface area contributed by atoms with E-state index >= 15 is 0 Å². The molecule has 102 valence electrons. The first kappa shape index (κ1) is 13.4. The van der Waals surface area contributed by atoms with Crippen LogP contribution in [0.25, 0.3) is 0 Å². The van der Waals surface area contributed by atoms with Crippen molar-refractivity contribution in [1.29, 1.82) is 0 Å². The number of aryl methyl sites for hydroxylation is 1. The summed E-state index contributed by atoms with van der Waals surface area (Å²) in [5.41, 5.74) is 1.83. The van der Waals surface area contributed by atoms with E-state index in [1.807, 2.05) is 31.2 Å². The van der Waals surface area contributed by atoms with Crippen LogP contribution < -0.4 is 10.4 Å². The van der Waals surface area contributed by atoms with Gasteiger partial charge in [-0.3, -0.25) is 0 Å². The standard InChI is InChI=1S/C14H18N2O3/c1-10-4-6-12(7-5-10)15-14(19)16-8-2-3-11(9-16)13(17)18/h4-7,11H,2-3,8-9H2,1H3,(H,15,19)(H,17,18)/p-1/t11-/m1/s1. The van der Waals surface area contributed by atoms with E-state index in [1.54, 1.807) is 0 Å². The van der Waals surface area contributed by atoms with Gasteiger partial charge in [-0.1, -0.05) is 17.7 Å². The zero-order valence-corrected chi connectivity index (χ0v) is 10.9. The first-order valence-electron chi connectivity index (χ1n) is 6.39. The van der Waals surface area contributed by atoms with Crippen molar-refractivity contribution in [3.63, 3.8) is 0 Å². The third kappa shape index (κ3) is 3.47. The lowest BCUT2D eigenvalue weighted by molar-refractivity contribution is -0.312. The van der Waals surface area contributed by atoms with Crippen LogP contribution in [0.15, 0.2) is 24.3 Å². The molecule has 2 amide bonds. The summed E-state index contributed by atoms with van der Waals surface area (Å²) in [6.45, 7) is 2.78. The van der Waals surface area contributed by atoms with Crippen molar-refractivity contribution < 1.29 is 14.7 Å². The van der Waals surface area contributed by atoms with Crippen molar-refractivity contribution in [2.24, 2.45) is 5.92 Å². The van der Waals surface area contributed by atoms with Gasteiger partial charge in [0.15, 0.2) is 0 Å². The number of carboxylic acids is 1. The molecule has 0 aromatic heterocycles. The fourth-order valence-electron chi connectivity index (χ4n) is 2.19. The van der Waals surface area contributed by atoms with Crippen molar-refractivity contribution >= 4 is 17.7 Å². The molecule has 1 atom stereocenters. The number of benzene rings is 1. The second kappa shape index (κ2) is 5.73. The molecule has 1 N–H and O–H groups in total. The topological polar surface area (TPSA) is 72.5 Å². The molecular formula is C14H17N2O3-. The van der Waals surface area contributed by atoms with Gasteiger partial charge in [-0.05, 0) is 31.9 Å². The van der Waals surface area contributed by atoms with Crippen LogP contribution in [-0.4, -0.2) is 30.0 Å². The molecule has 5 nitrogen and oxygen atoms in total. The van der Waals surface area contributed by atoms with E-state index in [2.05, 4.69) is 5.32 Å². The Labute approximate surface area is 112 Å². The Hall–Kier alpha value is -2.04. The van der Waals surface area contributed by atoms with Gasteiger partial charge in [-0.2, -0.15) is 0 Å². The summed E-state index contributed by atoms with van der Waals surface area (Å²) in [7, 11) is 0. The summed E-state index contributed by atoms with van der Waals surface area (Å²) >= 11 is 0. The molecule has 0 aliphatic carbocycles. The van der Waals surface area contributed by atoms with Gasteiger partial charge < -0.3 is 20.1 Å². The highest BCUT2D eigenvalue weighted by molar-refractivity contribution is 5.89. The van der Waals surface area contributed by atoms with Crippen LogP contribution >= 0.6 is 0 Å². The van der Waals surface area contributed by atoms with Gasteiger partial charge in [0.05, 0.1) is 0 Å². The minimum absolute atomic E-state index is 0.222. The molecule has 1 aliphatic heterocycles. The number of anilines is 1. The molecule has 19 heavy (non-hydrogen) atoms. The minimum atomic E-state index is -1.08. The number of urea groups is 1. The van der Waals surface area contributed by atoms with Crippen molar-refractivity contribution in [3.8, 4) is 0 Å². The van der Waals surface area contributed by atoms with Crippen molar-refractivity contribution in [2.75, 3.05) is 18.4 Å². The average Bonchev–Trinajstić information content (AvgIpc) is 2.41. The predicted molar refractivity (Wildman–Crippen MR) is 69.5 cm³/mol. The summed E-state index contributed by atoms with van der Waals surface area (Å²) in [5.74, 6) is -1.63. The number of aliphatic carboxylic acids is 1. The maximum atomic E-state index is 12.0. The maximum absolute atomic E-state index is 12.0. The zero-order chi connectivity index (χ0) is 13.8. The molecule has 1 aromatic rings. The monoisotopic (exact) mass is 261 g/mol. The zero-order valence-electron chi connectivity index (χ0n) is 10.9. The lowest BCUT2D eigenvalue weighted by Crippen LogP contribution is -2.47. The number of carbonyl (C=O) groups is 2. The van der Waals surface area contributed by atoms with Crippen LogP contribution in [-0.2, 0) is 4.79 Å². The molecular weight excluding hydrogens is 244 g/mol. The minimum Gasteiger partial charge on any atom is -0.550 e. The molecule has 0 saturated carbocycles. The van der Waals surface area contributed by atoms with Gasteiger partial charge in [0.25, 0.3) is 0 Å². The van der Waals surface area contributed by atoms with Gasteiger partial charge in [0.1, 0.15) is 0 Å². The lowest BCUT2D eigenvalue weighted by atomic mass is 9.99. The number of nitrogens with one attached hydrogen (secondary N) is 1. The summed E-state index contributed by atoms with van der Waals surface area (Å²) in [4.78, 5) is 24.4. The molecule has 1 saturated heterocycles. The van der Waals surface area contributed by atoms with E-state index in [0.717, 1.165) is 5.56 Å². The van der Waals surface area contributed by atoms with Crippen LogP contribution in [0.4, 0.5) is 10.5 Å². The Morgan fingerprint density at radius 1 is 1.32 bits per heavy atom. The van der Waals surface area contributed by atoms with Gasteiger partial charge >= 0.3 is 6.03 Å². The van der Waals surface area contributed by atoms with Gasteiger partial charge in [0.2, 0.25) is 0 Å². The maximum Gasteiger partial charge on any atom is 0.321 e. The number of piperidine rings is 1. The largest absolute Gasteiger partial charge is 0.550 e. The number of nitrogens with zero attached hydrogens (tertiary/aromatic N) is 1. The number of hydrogen-bond donors (Lipinski definition) is 1. The number of carboxylic acid groups (broad SMARTS) is 1. The van der Waals surface area contributed by atoms with Crippen molar-refractivity contribution in [1.82, 2.24) is 4.90 Å². The summed E-state index contributed by atoms with van der Waals surface area (Å²) < 4.78 is 0. The Morgan fingerprint density at radius 2 is 2.00 bits per heavy atom. The second-order valence-corrected chi connectivity index (χ2v) is 4.90. The van der Waals surface area contributed by atoms with Crippen LogP contribution in [0.2, 0.25) is 0 Å². The molecule has 1 aliphatic rings. The van der Waals surface area contributed by atoms with Crippen LogP contribution in [0.1, 0.15) is 18.4 Å². The Bertz CT molecular complexity index is 470. The van der Waals surface area contributed by atoms with Crippen molar-refractivity contribution in [3.05, 3.63) is 29.8 Å². The van der Waals surface area contributed by atoms with Crippen molar-refractivity contribution in [2.45, 2.75) is 19.8 Å². The quantitative estimate of drug-likeness (QED) is 0.862. The number of likely N-dealkylation sites (tertiary alicyclic amines) is 1. The SMILES string of the molecule is Cc1ccc(NC(=O)N2CCC[C@@H](C(=O)[O-])C2)cc1. The number of carbonyl (C=O) groups excluding carboxylic acids is 2. The van der Waals surface area contributed by atoms with E-state index in [0.29, 0.717) is 25.1 Å². The first-order chi connectivity index (χ1) is 9.06. The Kier molecular flexibility index (Phi) is 4.04. The highest BCUT2D eigenvalue weighted by Gasteiger charge is 2.24. The summed E-state index contributed by atoms with van der Waals surface area (Å²) in [6, 6.07) is 7.22. The van der Waals surface area contributed by atoms with Crippen LogP contribution in [0.5, 0.6) is 0 Å². The molecule has 2 rings (SSSR count). The van der Waals surface area contributed by atoms with Gasteiger partial charge in [0, 0.05) is 30.7 Å². The van der Waals surface area contributed by atoms with E-state index in [9.17, 15) is 14.7 Å². The van der Waals surface area contributed by atoms with Crippen LogP contribution in [0.3, 0.4) is 0 Å². The number of amides is 2. The average molecular weight is 261 g/mol. The van der Waals surface area contributed by atoms with Crippen LogP contribution in [0, 0.1) is 12.8 Å². The van der Waals surface area contributed by atoms with E-state index in [4.69, 9.17) is 0 Å². The van der Waals surface area contributed by atoms with E-state index in [-0.39, 0.29) is 12.6 Å². The van der Waals surface area contributed by atoms with Gasteiger partial charge in [-0.15, -0.1) is 0 Å². The molecule has 1 heterocycles. The summed E-state index contributed by atoms with van der Waals surface area (Å²) in [5, 5.41) is 13.6. The third-order valence-electron chi connectivity index (χ3n) is 3.34. The molecule has 0 spiro atoms. The first-order valence-corrected chi connectivity index (χ1v) is 6.39. The molecule has 0 bridgehead atoms. The Morgan fingerprint density at radius 3 is 2.63 bits per heavy atom. The fourth-order valence-corrected chi connectivity index (χ4v) is 2.19. The fraction of sp³-hybridized carbons (Fsp3) is 0.429. The smallest absolute Gasteiger partial charge is 0.321 e. The molecule has 0 radical (unpaired) electrons. The molecule has 1 fully saturated rings. The van der Waals surface area contributed by atoms with E-state index < -0.39 is 11.9 Å². The third-order valence-corrected chi connectivity index (χ3v) is 3.34.